The molecule has 0 fully saturated rings. The van der Waals surface area contributed by atoms with Crippen LogP contribution in [0.25, 0.3) is 0 Å². The number of fused-ring (bicyclic) bond motifs is 1. The zero-order valence-corrected chi connectivity index (χ0v) is 11.5. The average Bonchev–Trinajstić information content (AvgIpc) is 2.76. The molecule has 0 bridgehead atoms. The van der Waals surface area contributed by atoms with E-state index in [-0.39, 0.29) is 5.91 Å². The lowest BCUT2D eigenvalue weighted by molar-refractivity contribution is 0.0738. The van der Waals surface area contributed by atoms with Crippen molar-refractivity contribution in [1.29, 1.82) is 0 Å². The molecule has 98 valence electrons. The van der Waals surface area contributed by atoms with Gasteiger partial charge < -0.3 is 10.6 Å². The summed E-state index contributed by atoms with van der Waals surface area (Å²) in [5.41, 5.74) is 8.96. The van der Waals surface area contributed by atoms with Crippen LogP contribution in [0.5, 0.6) is 0 Å². The Labute approximate surface area is 115 Å². The highest BCUT2D eigenvalue weighted by Crippen LogP contribution is 2.25. The van der Waals surface area contributed by atoms with Crippen LogP contribution in [0.4, 0.5) is 5.13 Å². The number of nitrogens with zero attached hydrogens (tertiary/aromatic N) is 2. The molecule has 1 amide bonds. The molecule has 19 heavy (non-hydrogen) atoms. The van der Waals surface area contributed by atoms with Crippen LogP contribution in [0, 0.1) is 6.92 Å². The van der Waals surface area contributed by atoms with Crippen molar-refractivity contribution in [3.05, 3.63) is 46.0 Å². The van der Waals surface area contributed by atoms with Crippen molar-refractivity contribution in [3.8, 4) is 0 Å². The van der Waals surface area contributed by atoms with E-state index < -0.39 is 0 Å². The monoisotopic (exact) mass is 273 g/mol. The maximum absolute atomic E-state index is 12.5. The highest BCUT2D eigenvalue weighted by Gasteiger charge is 2.24. The van der Waals surface area contributed by atoms with Gasteiger partial charge in [0.25, 0.3) is 5.91 Å². The van der Waals surface area contributed by atoms with Gasteiger partial charge in [-0.05, 0) is 24.5 Å². The van der Waals surface area contributed by atoms with Crippen molar-refractivity contribution in [2.75, 3.05) is 12.3 Å². The minimum absolute atomic E-state index is 0.0428. The van der Waals surface area contributed by atoms with Crippen molar-refractivity contribution < 1.29 is 4.79 Å². The summed E-state index contributed by atoms with van der Waals surface area (Å²) in [5.74, 6) is 0.0428. The summed E-state index contributed by atoms with van der Waals surface area (Å²) < 4.78 is 0. The van der Waals surface area contributed by atoms with Crippen LogP contribution in [-0.4, -0.2) is 22.3 Å². The van der Waals surface area contributed by atoms with Gasteiger partial charge in [0.1, 0.15) is 4.88 Å². The van der Waals surface area contributed by atoms with Crippen LogP contribution in [0.1, 0.15) is 26.5 Å². The zero-order valence-electron chi connectivity index (χ0n) is 10.7. The second-order valence-electron chi connectivity index (χ2n) is 4.71. The third-order valence-electron chi connectivity index (χ3n) is 3.43. The number of carbonyl (C=O) groups excluding carboxylic acids is 1. The van der Waals surface area contributed by atoms with Gasteiger partial charge in [0.15, 0.2) is 5.13 Å². The fourth-order valence-electron chi connectivity index (χ4n) is 2.43. The van der Waals surface area contributed by atoms with Crippen molar-refractivity contribution >= 4 is 22.4 Å². The van der Waals surface area contributed by atoms with Gasteiger partial charge in [-0.25, -0.2) is 4.98 Å². The summed E-state index contributed by atoms with van der Waals surface area (Å²) >= 11 is 1.27. The number of nitrogens with two attached hydrogens (primary N) is 1. The van der Waals surface area contributed by atoms with Crippen LogP contribution >= 0.6 is 11.3 Å². The Balaban J connectivity index is 1.85. The first-order valence-corrected chi connectivity index (χ1v) is 7.06. The van der Waals surface area contributed by atoms with Crippen LogP contribution in [0.3, 0.4) is 0 Å². The molecule has 0 aliphatic carbocycles. The molecule has 0 unspecified atom stereocenters. The van der Waals surface area contributed by atoms with E-state index in [4.69, 9.17) is 5.73 Å². The van der Waals surface area contributed by atoms with E-state index in [1.807, 2.05) is 24.0 Å². The summed E-state index contributed by atoms with van der Waals surface area (Å²) in [6.07, 6.45) is 0.912. The number of nitrogen functional groups attached to an aromatic ring is 1. The molecule has 3 rings (SSSR count). The van der Waals surface area contributed by atoms with Crippen molar-refractivity contribution in [3.63, 3.8) is 0 Å². The summed E-state index contributed by atoms with van der Waals surface area (Å²) in [6, 6.07) is 8.28. The first kappa shape index (κ1) is 12.2. The van der Waals surface area contributed by atoms with Gasteiger partial charge in [-0.2, -0.15) is 0 Å². The molecule has 1 aromatic heterocycles. The highest BCUT2D eigenvalue weighted by atomic mass is 32.1. The molecule has 5 heteroatoms. The van der Waals surface area contributed by atoms with Gasteiger partial charge in [0.05, 0.1) is 5.69 Å². The third kappa shape index (κ3) is 2.21. The Morgan fingerprint density at radius 2 is 2.11 bits per heavy atom. The fraction of sp³-hybridized carbons (Fsp3) is 0.286. The molecule has 1 aromatic carbocycles. The van der Waals surface area contributed by atoms with Crippen LogP contribution in [0.2, 0.25) is 0 Å². The standard InChI is InChI=1S/C14H15N3OS/c1-9-12(19-14(15)16-9)13(18)17-7-6-10-4-2-3-5-11(10)8-17/h2-5H,6-8H2,1H3,(H2,15,16). The summed E-state index contributed by atoms with van der Waals surface area (Å²) in [5, 5.41) is 0.457. The highest BCUT2D eigenvalue weighted by molar-refractivity contribution is 7.17. The summed E-state index contributed by atoms with van der Waals surface area (Å²) in [7, 11) is 0. The third-order valence-corrected chi connectivity index (χ3v) is 4.40. The predicted molar refractivity (Wildman–Crippen MR) is 76.1 cm³/mol. The van der Waals surface area contributed by atoms with Gasteiger partial charge in [-0.1, -0.05) is 35.6 Å². The normalized spacial score (nSPS) is 14.3. The maximum Gasteiger partial charge on any atom is 0.266 e. The second-order valence-corrected chi connectivity index (χ2v) is 5.74. The van der Waals surface area contributed by atoms with Crippen molar-refractivity contribution in [2.24, 2.45) is 0 Å². The summed E-state index contributed by atoms with van der Waals surface area (Å²) in [6.45, 7) is 3.26. The molecule has 0 radical (unpaired) electrons. The molecular weight excluding hydrogens is 258 g/mol. The Bertz CT molecular complexity index is 635. The minimum atomic E-state index is 0.0428. The van der Waals surface area contributed by atoms with Gasteiger partial charge >= 0.3 is 0 Å². The van der Waals surface area contributed by atoms with E-state index in [1.165, 1.54) is 22.5 Å². The van der Waals surface area contributed by atoms with E-state index >= 15 is 0 Å². The lowest BCUT2D eigenvalue weighted by Gasteiger charge is -2.28. The predicted octanol–water partition coefficient (Wildman–Crippen LogP) is 2.23. The smallest absolute Gasteiger partial charge is 0.266 e. The number of amides is 1. The average molecular weight is 273 g/mol. The molecule has 2 N–H and O–H groups in total. The Morgan fingerprint density at radius 3 is 2.79 bits per heavy atom. The number of hydrogen-bond donors (Lipinski definition) is 1. The fourth-order valence-corrected chi connectivity index (χ4v) is 3.23. The molecule has 4 nitrogen and oxygen atoms in total. The van der Waals surface area contributed by atoms with Crippen LogP contribution in [-0.2, 0) is 13.0 Å². The first-order chi connectivity index (χ1) is 9.15. The zero-order chi connectivity index (χ0) is 13.4. The van der Waals surface area contributed by atoms with Crippen LogP contribution < -0.4 is 5.73 Å². The lowest BCUT2D eigenvalue weighted by atomic mass is 10.00. The maximum atomic E-state index is 12.5. The number of aryl methyl sites for hydroxylation is 1. The molecule has 0 saturated heterocycles. The Kier molecular flexibility index (Phi) is 2.98. The quantitative estimate of drug-likeness (QED) is 0.866. The SMILES string of the molecule is Cc1nc(N)sc1C(=O)N1CCc2ccccc2C1. The molecule has 0 atom stereocenters. The molecule has 0 saturated carbocycles. The van der Waals surface area contributed by atoms with Gasteiger partial charge in [0, 0.05) is 13.1 Å². The number of anilines is 1. The topological polar surface area (TPSA) is 59.2 Å². The number of rotatable bonds is 1. The largest absolute Gasteiger partial charge is 0.375 e. The molecule has 2 heterocycles. The molecule has 1 aliphatic heterocycles. The minimum Gasteiger partial charge on any atom is -0.375 e. The molecule has 0 spiro atoms. The van der Waals surface area contributed by atoms with E-state index in [1.54, 1.807) is 0 Å². The molecular formula is C14H15N3OS. The number of carbonyl (C=O) groups is 1. The number of benzene rings is 1. The van der Waals surface area contributed by atoms with Gasteiger partial charge in [-0.3, -0.25) is 4.79 Å². The Hall–Kier alpha value is -1.88. The summed E-state index contributed by atoms with van der Waals surface area (Å²) in [4.78, 5) is 19.1. The lowest BCUT2D eigenvalue weighted by Crippen LogP contribution is -2.35. The van der Waals surface area contributed by atoms with Crippen molar-refractivity contribution in [2.45, 2.75) is 19.9 Å². The van der Waals surface area contributed by atoms with Gasteiger partial charge in [-0.15, -0.1) is 0 Å². The van der Waals surface area contributed by atoms with E-state index in [2.05, 4.69) is 17.1 Å². The molecule has 1 aliphatic rings. The first-order valence-electron chi connectivity index (χ1n) is 6.24. The number of aromatic nitrogens is 1. The van der Waals surface area contributed by atoms with Crippen molar-refractivity contribution in [1.82, 2.24) is 9.88 Å². The van der Waals surface area contributed by atoms with Gasteiger partial charge in [0.2, 0.25) is 0 Å². The van der Waals surface area contributed by atoms with E-state index in [0.29, 0.717) is 16.6 Å². The van der Waals surface area contributed by atoms with E-state index in [0.717, 1.165) is 18.7 Å². The number of thiazole rings is 1. The van der Waals surface area contributed by atoms with E-state index in [9.17, 15) is 4.79 Å². The van der Waals surface area contributed by atoms with Crippen LogP contribution in [0.15, 0.2) is 24.3 Å². The molecule has 2 aromatic rings. The Morgan fingerprint density at radius 1 is 1.37 bits per heavy atom. The number of hydrogen-bond acceptors (Lipinski definition) is 4. The second kappa shape index (κ2) is 4.66.